The van der Waals surface area contributed by atoms with E-state index in [-0.39, 0.29) is 0 Å². The molecule has 1 saturated heterocycles. The van der Waals surface area contributed by atoms with Gasteiger partial charge in [0.2, 0.25) is 0 Å². The Hall–Kier alpha value is -1.88. The van der Waals surface area contributed by atoms with Gasteiger partial charge in [-0.1, -0.05) is 29.6 Å². The Morgan fingerprint density at radius 1 is 1.24 bits per heavy atom. The second-order valence-corrected chi connectivity index (χ2v) is 10.5. The molecule has 172 valence electrons. The second-order valence-electron chi connectivity index (χ2n) is 9.10. The summed E-state index contributed by atoms with van der Waals surface area (Å²) in [6.45, 7) is 3.69. The van der Waals surface area contributed by atoms with Crippen molar-refractivity contribution in [1.82, 2.24) is 14.2 Å². The van der Waals surface area contributed by atoms with Crippen molar-refractivity contribution in [3.63, 3.8) is 0 Å². The highest BCUT2D eigenvalue weighted by Crippen LogP contribution is 2.49. The van der Waals surface area contributed by atoms with Crippen LogP contribution in [-0.4, -0.2) is 47.3 Å². The van der Waals surface area contributed by atoms with Crippen molar-refractivity contribution < 1.29 is 4.74 Å². The molecule has 5 nitrogen and oxygen atoms in total. The first-order chi connectivity index (χ1) is 16.0. The van der Waals surface area contributed by atoms with Crippen LogP contribution in [0.4, 0.5) is 0 Å². The van der Waals surface area contributed by atoms with Gasteiger partial charge in [-0.3, -0.25) is 9.62 Å². The van der Waals surface area contributed by atoms with Gasteiger partial charge in [-0.05, 0) is 60.4 Å². The molecule has 1 spiro atoms. The first-order valence-electron chi connectivity index (χ1n) is 11.1. The minimum Gasteiger partial charge on any atom is -0.489 e. The maximum Gasteiger partial charge on any atom is 0.155 e. The van der Waals surface area contributed by atoms with Gasteiger partial charge in [-0.25, -0.2) is 0 Å². The van der Waals surface area contributed by atoms with Gasteiger partial charge in [-0.15, -0.1) is 11.6 Å². The standard InChI is InChI=1S/C25H26Cl2N4OS/c1-33-29-20-11-25(12-20)15-30(16-25)14-17-2-3-23-18(8-17)4-6-31(23)21-9-19(13-28)24(22(27)10-21)32-7-5-26/h2-4,6,8-10,20,29H,5,7,11-12,14-16H2,1H3. The predicted molar refractivity (Wildman–Crippen MR) is 137 cm³/mol. The summed E-state index contributed by atoms with van der Waals surface area (Å²) in [5, 5.41) is 11.2. The lowest BCUT2D eigenvalue weighted by molar-refractivity contribution is -0.0780. The molecule has 2 heterocycles. The number of nitrogens with one attached hydrogen (secondary N) is 1. The summed E-state index contributed by atoms with van der Waals surface area (Å²) < 4.78 is 11.1. The van der Waals surface area contributed by atoms with Crippen molar-refractivity contribution in [2.24, 2.45) is 5.41 Å². The van der Waals surface area contributed by atoms with Crippen LogP contribution in [-0.2, 0) is 6.54 Å². The number of aromatic nitrogens is 1. The Kier molecular flexibility index (Phi) is 6.52. The first-order valence-corrected chi connectivity index (χ1v) is 13.2. The van der Waals surface area contributed by atoms with Gasteiger partial charge in [0.1, 0.15) is 12.7 Å². The van der Waals surface area contributed by atoms with Gasteiger partial charge in [-0.2, -0.15) is 5.26 Å². The van der Waals surface area contributed by atoms with E-state index in [2.05, 4.69) is 50.8 Å². The van der Waals surface area contributed by atoms with Crippen molar-refractivity contribution in [3.05, 3.63) is 58.7 Å². The number of rotatable bonds is 8. The number of hydrogen-bond donors (Lipinski definition) is 1. The van der Waals surface area contributed by atoms with Gasteiger partial charge in [0, 0.05) is 42.9 Å². The largest absolute Gasteiger partial charge is 0.489 e. The molecule has 0 unspecified atom stereocenters. The van der Waals surface area contributed by atoms with Gasteiger partial charge in [0.25, 0.3) is 0 Å². The number of fused-ring (bicyclic) bond motifs is 1. The van der Waals surface area contributed by atoms with Crippen LogP contribution in [0.2, 0.25) is 5.02 Å². The van der Waals surface area contributed by atoms with E-state index in [1.807, 2.05) is 12.3 Å². The van der Waals surface area contributed by atoms with E-state index >= 15 is 0 Å². The number of hydrogen-bond acceptors (Lipinski definition) is 5. The molecule has 2 aliphatic rings. The van der Waals surface area contributed by atoms with Gasteiger partial charge in [0.05, 0.1) is 22.0 Å². The van der Waals surface area contributed by atoms with Crippen molar-refractivity contribution in [2.45, 2.75) is 25.4 Å². The van der Waals surface area contributed by atoms with Crippen molar-refractivity contribution in [1.29, 1.82) is 5.26 Å². The van der Waals surface area contributed by atoms with Crippen LogP contribution in [0.25, 0.3) is 16.6 Å². The number of ether oxygens (including phenoxy) is 1. The van der Waals surface area contributed by atoms with Crippen LogP contribution < -0.4 is 9.46 Å². The van der Waals surface area contributed by atoms with E-state index in [4.69, 9.17) is 27.9 Å². The number of nitriles is 1. The Bertz CT molecular complexity index is 1210. The van der Waals surface area contributed by atoms with Crippen molar-refractivity contribution >= 4 is 46.1 Å². The normalized spacial score (nSPS) is 17.6. The topological polar surface area (TPSA) is 53.2 Å². The third-order valence-corrected chi connectivity index (χ3v) is 7.68. The lowest BCUT2D eigenvalue weighted by Crippen LogP contribution is -2.64. The maximum atomic E-state index is 9.59. The van der Waals surface area contributed by atoms with E-state index in [1.54, 1.807) is 18.0 Å². The van der Waals surface area contributed by atoms with Crippen LogP contribution in [0.1, 0.15) is 24.0 Å². The summed E-state index contributed by atoms with van der Waals surface area (Å²) in [7, 11) is 0. The van der Waals surface area contributed by atoms with Gasteiger partial charge in [0.15, 0.2) is 5.75 Å². The first kappa shape index (κ1) is 22.9. The summed E-state index contributed by atoms with van der Waals surface area (Å²) in [6.07, 6.45) is 6.72. The zero-order valence-corrected chi connectivity index (χ0v) is 20.8. The highest BCUT2D eigenvalue weighted by molar-refractivity contribution is 7.96. The van der Waals surface area contributed by atoms with E-state index < -0.39 is 0 Å². The Morgan fingerprint density at radius 3 is 2.79 bits per heavy atom. The van der Waals surface area contributed by atoms with Crippen LogP contribution >= 0.6 is 35.1 Å². The monoisotopic (exact) mass is 500 g/mol. The quantitative estimate of drug-likeness (QED) is 0.322. The molecule has 8 heteroatoms. The number of nitrogens with zero attached hydrogens (tertiary/aromatic N) is 3. The molecule has 2 fully saturated rings. The fourth-order valence-electron chi connectivity index (χ4n) is 5.37. The molecule has 0 atom stereocenters. The molecule has 1 N–H and O–H groups in total. The van der Waals surface area contributed by atoms with Crippen LogP contribution in [0.3, 0.4) is 0 Å². The lowest BCUT2D eigenvalue weighted by Gasteiger charge is -2.59. The number of alkyl halides is 1. The summed E-state index contributed by atoms with van der Waals surface area (Å²) in [6, 6.07) is 15.2. The molecule has 33 heavy (non-hydrogen) atoms. The average Bonchev–Trinajstić information content (AvgIpc) is 3.18. The summed E-state index contributed by atoms with van der Waals surface area (Å²) in [5.74, 6) is 0.721. The molecule has 1 aliphatic carbocycles. The van der Waals surface area contributed by atoms with Gasteiger partial charge >= 0.3 is 0 Å². The minimum absolute atomic E-state index is 0.304. The SMILES string of the molecule is CSNC1CC2(C1)CN(Cc1ccc3c(ccn3-c3cc(Cl)c(OCCCl)c(C#N)c3)c1)C2. The molecule has 0 amide bonds. The van der Waals surface area contributed by atoms with Gasteiger partial charge < -0.3 is 9.30 Å². The van der Waals surface area contributed by atoms with Crippen molar-refractivity contribution in [2.75, 3.05) is 31.8 Å². The number of benzene rings is 2. The Balaban J connectivity index is 1.30. The fourth-order valence-corrected chi connectivity index (χ4v) is 6.22. The highest BCUT2D eigenvalue weighted by Gasteiger charge is 2.51. The van der Waals surface area contributed by atoms with E-state index in [0.717, 1.165) is 17.7 Å². The molecule has 2 aromatic carbocycles. The molecule has 1 aromatic heterocycles. The third-order valence-electron chi connectivity index (χ3n) is 6.67. The highest BCUT2D eigenvalue weighted by atomic mass is 35.5. The summed E-state index contributed by atoms with van der Waals surface area (Å²) >= 11 is 13.9. The summed E-state index contributed by atoms with van der Waals surface area (Å²) in [4.78, 5) is 2.55. The summed E-state index contributed by atoms with van der Waals surface area (Å²) in [5.41, 5.74) is 4.20. The smallest absolute Gasteiger partial charge is 0.155 e. The van der Waals surface area contributed by atoms with E-state index in [1.165, 1.54) is 36.9 Å². The molecule has 0 radical (unpaired) electrons. The molecular weight excluding hydrogens is 475 g/mol. The minimum atomic E-state index is 0.304. The number of halogens is 2. The maximum absolute atomic E-state index is 9.59. The van der Waals surface area contributed by atoms with Crippen molar-refractivity contribution in [3.8, 4) is 17.5 Å². The predicted octanol–water partition coefficient (Wildman–Crippen LogP) is 5.61. The molecule has 0 bridgehead atoms. The lowest BCUT2D eigenvalue weighted by atomic mass is 9.61. The Morgan fingerprint density at radius 2 is 2.06 bits per heavy atom. The Labute approximate surface area is 208 Å². The number of likely N-dealkylation sites (tertiary alicyclic amines) is 1. The zero-order chi connectivity index (χ0) is 23.0. The molecule has 5 rings (SSSR count). The van der Waals surface area contributed by atoms with Crippen LogP contribution in [0.15, 0.2) is 42.6 Å². The molecule has 3 aromatic rings. The van der Waals surface area contributed by atoms with Crippen LogP contribution in [0.5, 0.6) is 5.75 Å². The van der Waals surface area contributed by atoms with E-state index in [9.17, 15) is 5.26 Å². The second kappa shape index (κ2) is 9.40. The fraction of sp³-hybridized carbons (Fsp3) is 0.400. The van der Waals surface area contributed by atoms with Crippen LogP contribution in [0, 0.1) is 16.7 Å². The zero-order valence-electron chi connectivity index (χ0n) is 18.5. The molecular formula is C25H26Cl2N4OS. The molecule has 1 saturated carbocycles. The van der Waals surface area contributed by atoms with E-state index in [0.29, 0.717) is 40.3 Å². The third kappa shape index (κ3) is 4.45. The molecule has 1 aliphatic heterocycles. The average molecular weight is 501 g/mol.